The van der Waals surface area contributed by atoms with E-state index in [-0.39, 0.29) is 12.4 Å². The second-order valence-electron chi connectivity index (χ2n) is 4.54. The van der Waals surface area contributed by atoms with Gasteiger partial charge in [0.1, 0.15) is 0 Å². The number of aliphatic hydroxyl groups is 1. The highest BCUT2D eigenvalue weighted by Gasteiger charge is 2.19. The van der Waals surface area contributed by atoms with E-state index in [4.69, 9.17) is 22.1 Å². The first-order valence-electron chi connectivity index (χ1n) is 6.29. The topological polar surface area (TPSA) is 68.4 Å². The molecule has 0 aliphatic rings. The van der Waals surface area contributed by atoms with Crippen LogP contribution in [0.1, 0.15) is 17.2 Å². The maximum atomic E-state index is 10.3. The molecule has 1 heterocycles. The number of ether oxygens (including phenoxy) is 1. The molecule has 2 aromatic rings. The Hall–Kier alpha value is -1.33. The van der Waals surface area contributed by atoms with E-state index in [1.807, 2.05) is 24.3 Å². The van der Waals surface area contributed by atoms with Crippen molar-refractivity contribution in [1.29, 1.82) is 0 Å². The van der Waals surface area contributed by atoms with E-state index in [9.17, 15) is 5.11 Å². The summed E-state index contributed by atoms with van der Waals surface area (Å²) in [6.07, 6.45) is 1.27. The van der Waals surface area contributed by atoms with Crippen molar-refractivity contribution in [3.05, 3.63) is 58.7 Å². The number of hydrogen-bond acceptors (Lipinski definition) is 4. The van der Waals surface area contributed by atoms with Crippen molar-refractivity contribution < 1.29 is 9.84 Å². The SMILES string of the molecule is COc1cc(C(O)[C@@H](N)Cc2ccccc2Cl)ccn1.Cl. The van der Waals surface area contributed by atoms with Crippen molar-refractivity contribution in [2.24, 2.45) is 5.73 Å². The summed E-state index contributed by atoms with van der Waals surface area (Å²) < 4.78 is 5.04. The molecule has 114 valence electrons. The van der Waals surface area contributed by atoms with Crippen LogP contribution in [-0.2, 0) is 6.42 Å². The largest absolute Gasteiger partial charge is 0.481 e. The zero-order chi connectivity index (χ0) is 14.5. The van der Waals surface area contributed by atoms with Gasteiger partial charge in [-0.3, -0.25) is 0 Å². The highest BCUT2D eigenvalue weighted by molar-refractivity contribution is 6.31. The van der Waals surface area contributed by atoms with Crippen LogP contribution < -0.4 is 10.5 Å². The van der Waals surface area contributed by atoms with Gasteiger partial charge in [-0.25, -0.2) is 4.98 Å². The summed E-state index contributed by atoms with van der Waals surface area (Å²) in [5.74, 6) is 0.450. The normalized spacial score (nSPS) is 13.1. The minimum Gasteiger partial charge on any atom is -0.481 e. The summed E-state index contributed by atoms with van der Waals surface area (Å²) >= 11 is 6.10. The first-order chi connectivity index (χ1) is 9.61. The molecular weight excluding hydrogens is 311 g/mol. The lowest BCUT2D eigenvalue weighted by Crippen LogP contribution is -2.30. The van der Waals surface area contributed by atoms with Crippen LogP contribution in [0, 0.1) is 0 Å². The number of halogens is 2. The van der Waals surface area contributed by atoms with E-state index in [1.165, 1.54) is 7.11 Å². The maximum absolute atomic E-state index is 10.3. The Morgan fingerprint density at radius 2 is 2.05 bits per heavy atom. The minimum atomic E-state index is -0.803. The Balaban J connectivity index is 0.00000220. The van der Waals surface area contributed by atoms with Crippen LogP contribution in [-0.4, -0.2) is 23.2 Å². The van der Waals surface area contributed by atoms with Gasteiger partial charge in [-0.15, -0.1) is 12.4 Å². The van der Waals surface area contributed by atoms with Crippen LogP contribution in [0.2, 0.25) is 5.02 Å². The van der Waals surface area contributed by atoms with Crippen molar-refractivity contribution in [2.75, 3.05) is 7.11 Å². The summed E-state index contributed by atoms with van der Waals surface area (Å²) in [6.45, 7) is 0. The fraction of sp³-hybridized carbons (Fsp3) is 0.267. The van der Waals surface area contributed by atoms with Crippen LogP contribution in [0.4, 0.5) is 0 Å². The number of pyridine rings is 1. The molecule has 0 spiro atoms. The average Bonchev–Trinajstić information content (AvgIpc) is 2.48. The Bertz CT molecular complexity index is 581. The molecule has 2 rings (SSSR count). The summed E-state index contributed by atoms with van der Waals surface area (Å²) in [7, 11) is 1.53. The Labute approximate surface area is 135 Å². The smallest absolute Gasteiger partial charge is 0.213 e. The number of methoxy groups -OCH3 is 1. The van der Waals surface area contributed by atoms with Gasteiger partial charge >= 0.3 is 0 Å². The van der Waals surface area contributed by atoms with Crippen LogP contribution in [0.25, 0.3) is 0 Å². The monoisotopic (exact) mass is 328 g/mol. The highest BCUT2D eigenvalue weighted by atomic mass is 35.5. The number of nitrogens with zero attached hydrogens (tertiary/aromatic N) is 1. The van der Waals surface area contributed by atoms with Gasteiger partial charge in [0.2, 0.25) is 5.88 Å². The van der Waals surface area contributed by atoms with Gasteiger partial charge < -0.3 is 15.6 Å². The highest BCUT2D eigenvalue weighted by Crippen LogP contribution is 2.23. The molecular formula is C15H18Cl2N2O2. The van der Waals surface area contributed by atoms with Crippen molar-refractivity contribution in [3.8, 4) is 5.88 Å². The number of aliphatic hydroxyl groups excluding tert-OH is 1. The van der Waals surface area contributed by atoms with Gasteiger partial charge in [0.05, 0.1) is 13.2 Å². The van der Waals surface area contributed by atoms with Crippen molar-refractivity contribution in [1.82, 2.24) is 4.98 Å². The molecule has 3 N–H and O–H groups in total. The number of hydrogen-bond donors (Lipinski definition) is 2. The van der Waals surface area contributed by atoms with E-state index in [0.29, 0.717) is 22.9 Å². The molecule has 4 nitrogen and oxygen atoms in total. The van der Waals surface area contributed by atoms with Crippen LogP contribution in [0.3, 0.4) is 0 Å². The first-order valence-corrected chi connectivity index (χ1v) is 6.66. The molecule has 0 saturated heterocycles. The standard InChI is InChI=1S/C15H17ClN2O2.ClH/c1-20-14-9-11(6-7-18-14)15(19)13(17)8-10-4-2-3-5-12(10)16;/h2-7,9,13,15,19H,8,17H2,1H3;1H/t13-,15?;/m0./s1. The molecule has 0 saturated carbocycles. The predicted octanol–water partition coefficient (Wildman–Crippen LogP) is 2.77. The summed E-state index contributed by atoms with van der Waals surface area (Å²) in [6, 6.07) is 10.4. The fourth-order valence-electron chi connectivity index (χ4n) is 2.00. The molecule has 21 heavy (non-hydrogen) atoms. The molecule has 6 heteroatoms. The lowest BCUT2D eigenvalue weighted by molar-refractivity contribution is 0.145. The van der Waals surface area contributed by atoms with Crippen molar-refractivity contribution >= 4 is 24.0 Å². The Morgan fingerprint density at radius 3 is 2.71 bits per heavy atom. The van der Waals surface area contributed by atoms with E-state index >= 15 is 0 Å². The van der Waals surface area contributed by atoms with Crippen molar-refractivity contribution in [2.45, 2.75) is 18.6 Å². The first kappa shape index (κ1) is 17.7. The number of rotatable bonds is 5. The Kier molecular flexibility index (Phi) is 6.92. The number of aromatic nitrogens is 1. The molecule has 0 bridgehead atoms. The maximum Gasteiger partial charge on any atom is 0.213 e. The zero-order valence-corrected chi connectivity index (χ0v) is 13.1. The molecule has 2 atom stereocenters. The molecule has 1 aromatic carbocycles. The third-order valence-electron chi connectivity index (χ3n) is 3.13. The van der Waals surface area contributed by atoms with E-state index in [1.54, 1.807) is 18.3 Å². The molecule has 0 aliphatic carbocycles. The molecule has 0 aliphatic heterocycles. The number of benzene rings is 1. The van der Waals surface area contributed by atoms with Crippen molar-refractivity contribution in [3.63, 3.8) is 0 Å². The summed E-state index contributed by atoms with van der Waals surface area (Å²) in [5.41, 5.74) is 7.67. The van der Waals surface area contributed by atoms with Crippen LogP contribution in [0.5, 0.6) is 5.88 Å². The fourth-order valence-corrected chi connectivity index (χ4v) is 2.21. The van der Waals surface area contributed by atoms with Crippen LogP contribution >= 0.6 is 24.0 Å². The predicted molar refractivity (Wildman–Crippen MR) is 86.1 cm³/mol. The molecule has 1 unspecified atom stereocenters. The third kappa shape index (κ3) is 4.58. The summed E-state index contributed by atoms with van der Waals surface area (Å²) in [4.78, 5) is 4.00. The Morgan fingerprint density at radius 1 is 1.33 bits per heavy atom. The molecule has 0 amide bonds. The number of nitrogens with two attached hydrogens (primary N) is 1. The second-order valence-corrected chi connectivity index (χ2v) is 4.94. The quantitative estimate of drug-likeness (QED) is 0.885. The van der Waals surface area contributed by atoms with Gasteiger partial charge in [0.15, 0.2) is 0 Å². The minimum absolute atomic E-state index is 0. The third-order valence-corrected chi connectivity index (χ3v) is 3.50. The zero-order valence-electron chi connectivity index (χ0n) is 11.6. The van der Waals surface area contributed by atoms with Gasteiger partial charge in [0, 0.05) is 23.3 Å². The molecule has 0 fully saturated rings. The summed E-state index contributed by atoms with van der Waals surface area (Å²) in [5, 5.41) is 11.0. The average molecular weight is 329 g/mol. The molecule has 1 aromatic heterocycles. The van der Waals surface area contributed by atoms with Gasteiger partial charge in [-0.05, 0) is 29.7 Å². The second kappa shape index (κ2) is 8.20. The lowest BCUT2D eigenvalue weighted by atomic mass is 9.97. The van der Waals surface area contributed by atoms with Crippen LogP contribution in [0.15, 0.2) is 42.6 Å². The van der Waals surface area contributed by atoms with E-state index < -0.39 is 12.1 Å². The van der Waals surface area contributed by atoms with Gasteiger partial charge in [-0.2, -0.15) is 0 Å². The lowest BCUT2D eigenvalue weighted by Gasteiger charge is -2.20. The van der Waals surface area contributed by atoms with E-state index in [2.05, 4.69) is 4.98 Å². The van der Waals surface area contributed by atoms with Gasteiger partial charge in [-0.1, -0.05) is 29.8 Å². The van der Waals surface area contributed by atoms with Gasteiger partial charge in [0.25, 0.3) is 0 Å². The van der Waals surface area contributed by atoms with E-state index in [0.717, 1.165) is 5.56 Å². The molecule has 0 radical (unpaired) electrons.